The van der Waals surface area contributed by atoms with Gasteiger partial charge in [0.15, 0.2) is 0 Å². The zero-order valence-corrected chi connectivity index (χ0v) is 9.25. The third kappa shape index (κ3) is 2.14. The van der Waals surface area contributed by atoms with Gasteiger partial charge < -0.3 is 4.90 Å². The lowest BCUT2D eigenvalue weighted by Crippen LogP contribution is -2.47. The second-order valence-electron chi connectivity index (χ2n) is 4.14. The monoisotopic (exact) mass is 197 g/mol. The van der Waals surface area contributed by atoms with Crippen LogP contribution in [0, 0.1) is 5.92 Å². The van der Waals surface area contributed by atoms with Crippen molar-refractivity contribution in [2.45, 2.75) is 46.1 Å². The van der Waals surface area contributed by atoms with Crippen molar-refractivity contribution in [2.75, 3.05) is 6.54 Å². The van der Waals surface area contributed by atoms with Crippen LogP contribution in [-0.2, 0) is 9.59 Å². The second-order valence-corrected chi connectivity index (χ2v) is 4.14. The molecule has 0 saturated carbocycles. The van der Waals surface area contributed by atoms with Gasteiger partial charge in [-0.3, -0.25) is 9.59 Å². The van der Waals surface area contributed by atoms with Gasteiger partial charge in [0.2, 0.25) is 5.91 Å². The molecule has 1 heterocycles. The lowest BCUT2D eigenvalue weighted by molar-refractivity contribution is -0.145. The summed E-state index contributed by atoms with van der Waals surface area (Å²) in [5.41, 5.74) is 0. The number of likely N-dealkylation sites (tertiary alicyclic amines) is 1. The number of carbonyl (C=O) groups is 2. The molecule has 3 nitrogen and oxygen atoms in total. The topological polar surface area (TPSA) is 37.4 Å². The zero-order chi connectivity index (χ0) is 10.7. The minimum Gasteiger partial charge on any atom is -0.340 e. The van der Waals surface area contributed by atoms with E-state index in [1.165, 1.54) is 0 Å². The molecule has 0 aliphatic carbocycles. The van der Waals surface area contributed by atoms with Crippen molar-refractivity contribution in [3.63, 3.8) is 0 Å². The molecule has 1 unspecified atom stereocenters. The van der Waals surface area contributed by atoms with Crippen LogP contribution in [0.1, 0.15) is 40.0 Å². The van der Waals surface area contributed by atoms with E-state index in [1.54, 1.807) is 0 Å². The first-order valence-corrected chi connectivity index (χ1v) is 5.41. The Morgan fingerprint density at radius 1 is 1.57 bits per heavy atom. The summed E-state index contributed by atoms with van der Waals surface area (Å²) >= 11 is 0. The third-order valence-electron chi connectivity index (χ3n) is 2.83. The van der Waals surface area contributed by atoms with E-state index in [1.807, 2.05) is 25.7 Å². The maximum Gasteiger partial charge on any atom is 0.233 e. The van der Waals surface area contributed by atoms with Crippen LogP contribution in [0.3, 0.4) is 0 Å². The number of ketones is 1. The highest BCUT2D eigenvalue weighted by molar-refractivity contribution is 6.01. The number of hydrogen-bond donors (Lipinski definition) is 0. The molecule has 0 bridgehead atoms. The fraction of sp³-hybridized carbons (Fsp3) is 0.818. The first kappa shape index (κ1) is 11.2. The summed E-state index contributed by atoms with van der Waals surface area (Å²) in [7, 11) is 0. The van der Waals surface area contributed by atoms with Gasteiger partial charge >= 0.3 is 0 Å². The molecule has 0 aromatic rings. The van der Waals surface area contributed by atoms with Crippen LogP contribution < -0.4 is 0 Å². The molecule has 0 radical (unpaired) electrons. The van der Waals surface area contributed by atoms with E-state index in [4.69, 9.17) is 0 Å². The highest BCUT2D eigenvalue weighted by Crippen LogP contribution is 2.21. The molecule has 1 amide bonds. The highest BCUT2D eigenvalue weighted by atomic mass is 16.2. The molecule has 0 spiro atoms. The summed E-state index contributed by atoms with van der Waals surface area (Å²) in [6, 6.07) is 0.218. The van der Waals surface area contributed by atoms with E-state index < -0.39 is 0 Å². The van der Waals surface area contributed by atoms with E-state index in [2.05, 4.69) is 0 Å². The van der Waals surface area contributed by atoms with Crippen LogP contribution in [-0.4, -0.2) is 29.2 Å². The van der Waals surface area contributed by atoms with Gasteiger partial charge in [-0.2, -0.15) is 0 Å². The lowest BCUT2D eigenvalue weighted by Gasteiger charge is -2.34. The summed E-state index contributed by atoms with van der Waals surface area (Å²) < 4.78 is 0. The minimum absolute atomic E-state index is 0.0399. The molecule has 1 fully saturated rings. The van der Waals surface area contributed by atoms with E-state index in [0.717, 1.165) is 19.4 Å². The number of rotatable bonds is 3. The van der Waals surface area contributed by atoms with Crippen molar-refractivity contribution >= 4 is 11.7 Å². The Morgan fingerprint density at radius 3 is 2.71 bits per heavy atom. The second kappa shape index (κ2) is 4.58. The Labute approximate surface area is 85.5 Å². The molecule has 80 valence electrons. The molecule has 0 aromatic carbocycles. The molecule has 1 rings (SSSR count). The van der Waals surface area contributed by atoms with Gasteiger partial charge in [0.05, 0.1) is 5.92 Å². The summed E-state index contributed by atoms with van der Waals surface area (Å²) in [5, 5.41) is 0. The molecule has 1 aliphatic heterocycles. The largest absolute Gasteiger partial charge is 0.340 e. The average Bonchev–Trinajstić information content (AvgIpc) is 2.16. The van der Waals surface area contributed by atoms with Gasteiger partial charge in [-0.15, -0.1) is 0 Å². The number of amides is 1. The summed E-state index contributed by atoms with van der Waals surface area (Å²) in [4.78, 5) is 25.2. The summed E-state index contributed by atoms with van der Waals surface area (Å²) in [6.07, 6.45) is 2.18. The molecule has 1 saturated heterocycles. The molecule has 14 heavy (non-hydrogen) atoms. The van der Waals surface area contributed by atoms with E-state index in [0.29, 0.717) is 6.42 Å². The van der Waals surface area contributed by atoms with Gasteiger partial charge in [0.25, 0.3) is 0 Å². The Bertz CT molecular complexity index is 235. The fourth-order valence-electron chi connectivity index (χ4n) is 1.96. The van der Waals surface area contributed by atoms with Crippen molar-refractivity contribution in [2.24, 2.45) is 5.92 Å². The summed E-state index contributed by atoms with van der Waals surface area (Å²) in [5.74, 6) is -0.213. The standard InChI is InChI=1S/C11H19NO2/c1-4-10(13)9-6-5-7-12(8(2)3)11(9)14/h8-9H,4-7H2,1-3H3. The van der Waals surface area contributed by atoms with Crippen molar-refractivity contribution in [1.29, 1.82) is 0 Å². The van der Waals surface area contributed by atoms with Crippen molar-refractivity contribution < 1.29 is 9.59 Å². The predicted molar refractivity (Wildman–Crippen MR) is 54.9 cm³/mol. The first-order chi connectivity index (χ1) is 6.57. The maximum absolute atomic E-state index is 11.9. The number of nitrogens with zero attached hydrogens (tertiary/aromatic N) is 1. The van der Waals surface area contributed by atoms with E-state index in [-0.39, 0.29) is 23.7 Å². The molecule has 1 aliphatic rings. The van der Waals surface area contributed by atoms with Crippen LogP contribution in [0.15, 0.2) is 0 Å². The van der Waals surface area contributed by atoms with Gasteiger partial charge in [-0.05, 0) is 26.7 Å². The van der Waals surface area contributed by atoms with Gasteiger partial charge in [0, 0.05) is 19.0 Å². The Balaban J connectivity index is 2.71. The molecule has 0 aromatic heterocycles. The SMILES string of the molecule is CCC(=O)C1CCCN(C(C)C)C1=O. The smallest absolute Gasteiger partial charge is 0.233 e. The quantitative estimate of drug-likeness (QED) is 0.645. The van der Waals surface area contributed by atoms with Crippen molar-refractivity contribution in [1.82, 2.24) is 4.90 Å². The highest BCUT2D eigenvalue weighted by Gasteiger charge is 2.33. The number of hydrogen-bond acceptors (Lipinski definition) is 2. The zero-order valence-electron chi connectivity index (χ0n) is 9.25. The molecular formula is C11H19NO2. The Morgan fingerprint density at radius 2 is 2.21 bits per heavy atom. The van der Waals surface area contributed by atoms with Crippen LogP contribution >= 0.6 is 0 Å². The predicted octanol–water partition coefficient (Wildman–Crippen LogP) is 1.61. The van der Waals surface area contributed by atoms with E-state index >= 15 is 0 Å². The van der Waals surface area contributed by atoms with E-state index in [9.17, 15) is 9.59 Å². The minimum atomic E-state index is -0.351. The number of piperidine rings is 1. The Kier molecular flexibility index (Phi) is 3.67. The molecule has 0 N–H and O–H groups in total. The van der Waals surface area contributed by atoms with Crippen molar-refractivity contribution in [3.05, 3.63) is 0 Å². The maximum atomic E-state index is 11.9. The lowest BCUT2D eigenvalue weighted by atomic mass is 9.91. The molecule has 3 heteroatoms. The number of carbonyl (C=O) groups excluding carboxylic acids is 2. The third-order valence-corrected chi connectivity index (χ3v) is 2.83. The van der Waals surface area contributed by atoms with Gasteiger partial charge in [-0.25, -0.2) is 0 Å². The van der Waals surface area contributed by atoms with Crippen LogP contribution in [0.5, 0.6) is 0 Å². The molecular weight excluding hydrogens is 178 g/mol. The Hall–Kier alpha value is -0.860. The average molecular weight is 197 g/mol. The van der Waals surface area contributed by atoms with Crippen LogP contribution in [0.4, 0.5) is 0 Å². The number of Topliss-reactive ketones (excluding diaryl/α,β-unsaturated/α-hetero) is 1. The van der Waals surface area contributed by atoms with Crippen molar-refractivity contribution in [3.8, 4) is 0 Å². The van der Waals surface area contributed by atoms with Crippen LogP contribution in [0.25, 0.3) is 0 Å². The summed E-state index contributed by atoms with van der Waals surface area (Å²) in [6.45, 7) is 6.63. The fourth-order valence-corrected chi connectivity index (χ4v) is 1.96. The normalized spacial score (nSPS) is 23.0. The van der Waals surface area contributed by atoms with Gasteiger partial charge in [-0.1, -0.05) is 6.92 Å². The van der Waals surface area contributed by atoms with Crippen LogP contribution in [0.2, 0.25) is 0 Å². The van der Waals surface area contributed by atoms with Gasteiger partial charge in [0.1, 0.15) is 5.78 Å². The molecule has 1 atom stereocenters. The first-order valence-electron chi connectivity index (χ1n) is 5.41.